The van der Waals surface area contributed by atoms with Gasteiger partial charge < -0.3 is 5.32 Å². The molecule has 0 saturated carbocycles. The normalized spacial score (nSPS) is 14.8. The summed E-state index contributed by atoms with van der Waals surface area (Å²) in [5, 5.41) is 16.2. The number of carbonyl (C=O) groups excluding carboxylic acids is 1. The Bertz CT molecular complexity index is 1350. The number of para-hydroxylation sites is 1. The molecule has 0 bridgehead atoms. The van der Waals surface area contributed by atoms with Gasteiger partial charge in [-0.25, -0.2) is 17.9 Å². The number of sulfonamides is 1. The van der Waals surface area contributed by atoms with Gasteiger partial charge in [-0.3, -0.25) is 4.79 Å². The molecule has 9 nitrogen and oxygen atoms in total. The lowest BCUT2D eigenvalue weighted by atomic mass is 10.1. The molecule has 3 aromatic rings. The van der Waals surface area contributed by atoms with Gasteiger partial charge in [-0.1, -0.05) is 18.6 Å². The number of aryl methyl sites for hydroxylation is 2. The number of aromatic nitrogens is 3. The van der Waals surface area contributed by atoms with Crippen molar-refractivity contribution in [3.63, 3.8) is 0 Å². The molecule has 1 aliphatic heterocycles. The van der Waals surface area contributed by atoms with Crippen LogP contribution >= 0.6 is 0 Å². The molecule has 172 valence electrons. The Morgan fingerprint density at radius 1 is 1.18 bits per heavy atom. The summed E-state index contributed by atoms with van der Waals surface area (Å²) < 4.78 is 29.4. The van der Waals surface area contributed by atoms with Crippen molar-refractivity contribution in [3.05, 3.63) is 53.0 Å². The fourth-order valence-electron chi connectivity index (χ4n) is 4.24. The Kier molecular flexibility index (Phi) is 6.44. The Morgan fingerprint density at radius 2 is 1.91 bits per heavy atom. The second kappa shape index (κ2) is 9.29. The van der Waals surface area contributed by atoms with Crippen LogP contribution < -0.4 is 5.32 Å². The molecule has 0 spiro atoms. The summed E-state index contributed by atoms with van der Waals surface area (Å²) in [5.74, 6) is -0.284. The molecule has 2 aromatic heterocycles. The van der Waals surface area contributed by atoms with E-state index in [0.29, 0.717) is 36.4 Å². The van der Waals surface area contributed by atoms with Crippen LogP contribution in [0.25, 0.3) is 5.65 Å². The van der Waals surface area contributed by atoms with Crippen molar-refractivity contribution < 1.29 is 13.2 Å². The minimum atomic E-state index is -3.67. The molecule has 1 amide bonds. The summed E-state index contributed by atoms with van der Waals surface area (Å²) >= 11 is 0. The first-order chi connectivity index (χ1) is 15.8. The Morgan fingerprint density at radius 3 is 2.64 bits per heavy atom. The second-order valence-electron chi connectivity index (χ2n) is 8.18. The highest BCUT2D eigenvalue weighted by Crippen LogP contribution is 2.27. The number of nitriles is 1. The standard InChI is InChI=1S/C23H26N6O3S/c1-16-19(17(2)29-23(26-16)18(14-24)15-25-29)10-11-22(30)27-20-8-4-5-9-21(20)33(31,32)28-12-6-3-7-13-28/h4-5,8-9,15H,3,6-7,10-13H2,1-2H3,(H,27,30). The number of carbonyl (C=O) groups is 1. The highest BCUT2D eigenvalue weighted by molar-refractivity contribution is 7.89. The zero-order chi connectivity index (χ0) is 23.6. The van der Waals surface area contributed by atoms with Gasteiger partial charge in [-0.15, -0.1) is 0 Å². The average molecular weight is 467 g/mol. The fourth-order valence-corrected chi connectivity index (χ4v) is 5.91. The van der Waals surface area contributed by atoms with E-state index in [-0.39, 0.29) is 17.2 Å². The Hall–Kier alpha value is -3.29. The molecule has 0 unspecified atom stereocenters. The molecule has 33 heavy (non-hydrogen) atoms. The maximum Gasteiger partial charge on any atom is 0.245 e. The second-order valence-corrected chi connectivity index (χ2v) is 10.1. The van der Waals surface area contributed by atoms with Crippen molar-refractivity contribution in [2.24, 2.45) is 0 Å². The predicted molar refractivity (Wildman–Crippen MR) is 123 cm³/mol. The van der Waals surface area contributed by atoms with Crippen molar-refractivity contribution >= 4 is 27.3 Å². The van der Waals surface area contributed by atoms with Crippen LogP contribution in [-0.4, -0.2) is 46.3 Å². The van der Waals surface area contributed by atoms with Crippen LogP contribution in [0.5, 0.6) is 0 Å². The summed E-state index contributed by atoms with van der Waals surface area (Å²) in [5.41, 5.74) is 3.62. The largest absolute Gasteiger partial charge is 0.325 e. The van der Waals surface area contributed by atoms with E-state index in [4.69, 9.17) is 0 Å². The van der Waals surface area contributed by atoms with Gasteiger partial charge in [0.15, 0.2) is 5.65 Å². The third-order valence-electron chi connectivity index (χ3n) is 6.03. The molecular formula is C23H26N6O3S. The number of benzene rings is 1. The summed E-state index contributed by atoms with van der Waals surface area (Å²) in [6.45, 7) is 4.72. The molecule has 1 N–H and O–H groups in total. The smallest absolute Gasteiger partial charge is 0.245 e. The maximum atomic E-state index is 13.1. The molecule has 1 aliphatic rings. The molecule has 3 heterocycles. The lowest BCUT2D eigenvalue weighted by Crippen LogP contribution is -2.36. The molecular weight excluding hydrogens is 440 g/mol. The minimum Gasteiger partial charge on any atom is -0.325 e. The zero-order valence-electron chi connectivity index (χ0n) is 18.7. The van der Waals surface area contributed by atoms with Crippen molar-refractivity contribution in [2.45, 2.75) is 50.8 Å². The van der Waals surface area contributed by atoms with Crippen LogP contribution in [0.1, 0.15) is 48.2 Å². The molecule has 1 aromatic carbocycles. The molecule has 10 heteroatoms. The van der Waals surface area contributed by atoms with E-state index in [2.05, 4.69) is 21.5 Å². The van der Waals surface area contributed by atoms with Crippen LogP contribution in [0.3, 0.4) is 0 Å². The topological polar surface area (TPSA) is 120 Å². The number of rotatable bonds is 6. The predicted octanol–water partition coefficient (Wildman–Crippen LogP) is 2.96. The van der Waals surface area contributed by atoms with Gasteiger partial charge in [0.1, 0.15) is 16.5 Å². The van der Waals surface area contributed by atoms with Crippen molar-refractivity contribution in [2.75, 3.05) is 18.4 Å². The van der Waals surface area contributed by atoms with Crippen molar-refractivity contribution in [3.8, 4) is 6.07 Å². The highest BCUT2D eigenvalue weighted by atomic mass is 32.2. The van der Waals surface area contributed by atoms with E-state index < -0.39 is 10.0 Å². The number of nitrogens with one attached hydrogen (secondary N) is 1. The van der Waals surface area contributed by atoms with Crippen LogP contribution in [0.15, 0.2) is 35.4 Å². The van der Waals surface area contributed by atoms with Gasteiger partial charge in [0, 0.05) is 30.9 Å². The SMILES string of the molecule is Cc1nc2c(C#N)cnn2c(C)c1CCC(=O)Nc1ccccc1S(=O)(=O)N1CCCCC1. The quantitative estimate of drug-likeness (QED) is 0.596. The van der Waals surface area contributed by atoms with Gasteiger partial charge in [0.2, 0.25) is 15.9 Å². The van der Waals surface area contributed by atoms with Gasteiger partial charge in [-0.05, 0) is 50.8 Å². The van der Waals surface area contributed by atoms with E-state index >= 15 is 0 Å². The lowest BCUT2D eigenvalue weighted by molar-refractivity contribution is -0.116. The number of amides is 1. The minimum absolute atomic E-state index is 0.122. The highest BCUT2D eigenvalue weighted by Gasteiger charge is 2.28. The van der Waals surface area contributed by atoms with Crippen LogP contribution in [-0.2, 0) is 21.2 Å². The van der Waals surface area contributed by atoms with Gasteiger partial charge in [0.05, 0.1) is 11.9 Å². The average Bonchev–Trinajstić information content (AvgIpc) is 3.22. The molecule has 1 saturated heterocycles. The number of piperidine rings is 1. The van der Waals surface area contributed by atoms with Crippen molar-refractivity contribution in [1.29, 1.82) is 5.26 Å². The van der Waals surface area contributed by atoms with E-state index in [1.54, 1.807) is 22.7 Å². The third-order valence-corrected chi connectivity index (χ3v) is 7.98. The van der Waals surface area contributed by atoms with Gasteiger partial charge >= 0.3 is 0 Å². The number of nitrogens with zero attached hydrogens (tertiary/aromatic N) is 5. The lowest BCUT2D eigenvalue weighted by Gasteiger charge is -2.26. The number of hydrogen-bond acceptors (Lipinski definition) is 6. The Labute approximate surface area is 193 Å². The molecule has 0 radical (unpaired) electrons. The van der Waals surface area contributed by atoms with Crippen LogP contribution in [0.4, 0.5) is 5.69 Å². The number of fused-ring (bicyclic) bond motifs is 1. The molecule has 1 fully saturated rings. The van der Waals surface area contributed by atoms with E-state index in [9.17, 15) is 18.5 Å². The van der Waals surface area contributed by atoms with E-state index in [1.807, 2.05) is 13.8 Å². The number of hydrogen-bond donors (Lipinski definition) is 1. The van der Waals surface area contributed by atoms with E-state index in [0.717, 1.165) is 36.2 Å². The van der Waals surface area contributed by atoms with Crippen molar-refractivity contribution in [1.82, 2.24) is 18.9 Å². The summed E-state index contributed by atoms with van der Waals surface area (Å²) in [6.07, 6.45) is 4.76. The number of anilines is 1. The van der Waals surface area contributed by atoms with Gasteiger partial charge in [0.25, 0.3) is 0 Å². The zero-order valence-corrected chi connectivity index (χ0v) is 19.5. The molecule has 0 aliphatic carbocycles. The first-order valence-corrected chi connectivity index (χ1v) is 12.4. The summed E-state index contributed by atoms with van der Waals surface area (Å²) in [6, 6.07) is 8.61. The van der Waals surface area contributed by atoms with E-state index in [1.165, 1.54) is 16.6 Å². The van der Waals surface area contributed by atoms with Crippen LogP contribution in [0.2, 0.25) is 0 Å². The van der Waals surface area contributed by atoms with Crippen LogP contribution in [0, 0.1) is 25.2 Å². The first kappa shape index (κ1) is 22.9. The molecule has 0 atom stereocenters. The Balaban J connectivity index is 1.51. The van der Waals surface area contributed by atoms with Gasteiger partial charge in [-0.2, -0.15) is 14.7 Å². The monoisotopic (exact) mass is 466 g/mol. The third kappa shape index (κ3) is 4.47. The first-order valence-electron chi connectivity index (χ1n) is 11.0. The maximum absolute atomic E-state index is 13.1. The summed E-state index contributed by atoms with van der Waals surface area (Å²) in [4.78, 5) is 17.4. The summed E-state index contributed by atoms with van der Waals surface area (Å²) in [7, 11) is -3.67. The molecule has 4 rings (SSSR count). The fraction of sp³-hybridized carbons (Fsp3) is 0.391.